The predicted molar refractivity (Wildman–Crippen MR) is 119 cm³/mol. The Morgan fingerprint density at radius 1 is 1.13 bits per heavy atom. The Bertz CT molecular complexity index is 1280. The van der Waals surface area contributed by atoms with Crippen LogP contribution in [-0.4, -0.2) is 63.3 Å². The maximum Gasteiger partial charge on any atom is 0.228 e. The third-order valence-corrected chi connectivity index (χ3v) is 10.2. The van der Waals surface area contributed by atoms with E-state index in [9.17, 15) is 8.42 Å². The van der Waals surface area contributed by atoms with Crippen molar-refractivity contribution < 1.29 is 8.42 Å². The third-order valence-electron chi connectivity index (χ3n) is 6.87. The lowest BCUT2D eigenvalue weighted by atomic mass is 10.2. The fourth-order valence-corrected chi connectivity index (χ4v) is 7.77. The number of aromatic amines is 1. The summed E-state index contributed by atoms with van der Waals surface area (Å²) in [5.41, 5.74) is 2.08. The first-order valence-corrected chi connectivity index (χ1v) is 13.3. The number of thiophene rings is 1. The first-order valence-electron chi connectivity index (χ1n) is 10.9. The van der Waals surface area contributed by atoms with Crippen molar-refractivity contribution in [2.24, 2.45) is 0 Å². The lowest BCUT2D eigenvalue weighted by Crippen LogP contribution is -2.50. The molecule has 3 aromatic rings. The zero-order valence-electron chi connectivity index (χ0n) is 16.9. The van der Waals surface area contributed by atoms with Gasteiger partial charge in [-0.25, -0.2) is 13.4 Å². The number of hydrogen-bond acceptors (Lipinski definition) is 8. The van der Waals surface area contributed by atoms with E-state index in [1.54, 1.807) is 15.6 Å². The number of hydrogen-bond donors (Lipinski definition) is 2. The summed E-state index contributed by atoms with van der Waals surface area (Å²) in [7, 11) is -3.13. The number of nitrogens with one attached hydrogen (secondary N) is 2. The first-order chi connectivity index (χ1) is 15.1. The van der Waals surface area contributed by atoms with Crippen LogP contribution < -0.4 is 10.2 Å². The standard InChI is InChI=1S/C20H23N7O2S2/c28-31(29,14-3-4-14)27-10-12-7-13(27)9-26(12)20-21-15-5-6-30-18(15)19(23-20)22-17-8-16(24-25-17)11-1-2-11/h5-6,8,11-14H,1-4,7,9-10H2,(H2,21,22,23,24,25)/t12-,13-/m0/s1. The van der Waals surface area contributed by atoms with Gasteiger partial charge in [0, 0.05) is 42.9 Å². The molecule has 2 aliphatic carbocycles. The summed E-state index contributed by atoms with van der Waals surface area (Å²) in [5.74, 6) is 2.81. The molecule has 5 heterocycles. The summed E-state index contributed by atoms with van der Waals surface area (Å²) in [6, 6.07) is 4.24. The molecular formula is C20H23N7O2S2. The summed E-state index contributed by atoms with van der Waals surface area (Å²) in [4.78, 5) is 11.9. The molecule has 2 aliphatic heterocycles. The molecule has 0 aromatic carbocycles. The van der Waals surface area contributed by atoms with Crippen molar-refractivity contribution in [3.63, 3.8) is 0 Å². The Morgan fingerprint density at radius 3 is 2.74 bits per heavy atom. The average molecular weight is 458 g/mol. The topological polar surface area (TPSA) is 107 Å². The molecular weight excluding hydrogens is 434 g/mol. The molecule has 11 heteroatoms. The quantitative estimate of drug-likeness (QED) is 0.586. The van der Waals surface area contributed by atoms with Gasteiger partial charge in [0.2, 0.25) is 16.0 Å². The number of fused-ring (bicyclic) bond motifs is 3. The Labute approximate surface area is 183 Å². The Kier molecular flexibility index (Phi) is 3.78. The van der Waals surface area contributed by atoms with Gasteiger partial charge in [-0.3, -0.25) is 5.10 Å². The summed E-state index contributed by atoms with van der Waals surface area (Å²) >= 11 is 1.61. The first kappa shape index (κ1) is 18.3. The average Bonchev–Trinajstić information content (AvgIpc) is 3.60. The van der Waals surface area contributed by atoms with E-state index in [4.69, 9.17) is 9.97 Å². The van der Waals surface area contributed by atoms with E-state index in [1.807, 2.05) is 11.4 Å². The molecule has 2 saturated carbocycles. The van der Waals surface area contributed by atoms with Crippen LogP contribution in [0.2, 0.25) is 0 Å². The molecule has 7 rings (SSSR count). The molecule has 9 nitrogen and oxygen atoms in total. The number of nitrogens with zero attached hydrogens (tertiary/aromatic N) is 5. The van der Waals surface area contributed by atoms with Crippen LogP contribution in [0.25, 0.3) is 10.2 Å². The van der Waals surface area contributed by atoms with Crippen molar-refractivity contribution in [2.75, 3.05) is 23.3 Å². The summed E-state index contributed by atoms with van der Waals surface area (Å²) in [6.07, 6.45) is 4.91. The van der Waals surface area contributed by atoms with Crippen molar-refractivity contribution in [1.82, 2.24) is 24.5 Å². The highest BCUT2D eigenvalue weighted by Gasteiger charge is 2.52. The summed E-state index contributed by atoms with van der Waals surface area (Å²) in [5, 5.41) is 12.8. The summed E-state index contributed by atoms with van der Waals surface area (Å²) in [6.45, 7) is 1.20. The fraction of sp³-hybridized carbons (Fsp3) is 0.550. The highest BCUT2D eigenvalue weighted by atomic mass is 32.2. The molecule has 0 amide bonds. The van der Waals surface area contributed by atoms with E-state index in [1.165, 1.54) is 18.5 Å². The SMILES string of the molecule is O=S(=O)(C1CC1)N1C[C@@H]2C[C@H]1CN2c1nc(Nc2cc(C3CC3)[nH]n2)c2sccc2n1. The Morgan fingerprint density at radius 2 is 2.00 bits per heavy atom. The minimum absolute atomic E-state index is 0.0289. The molecule has 0 unspecified atom stereocenters. The highest BCUT2D eigenvalue weighted by molar-refractivity contribution is 7.90. The number of piperazine rings is 1. The van der Waals surface area contributed by atoms with E-state index in [0.29, 0.717) is 25.0 Å². The van der Waals surface area contributed by atoms with Gasteiger partial charge in [0.05, 0.1) is 15.5 Å². The molecule has 0 spiro atoms. The van der Waals surface area contributed by atoms with Crippen molar-refractivity contribution in [3.05, 3.63) is 23.2 Å². The van der Waals surface area contributed by atoms with Gasteiger partial charge in [-0.1, -0.05) is 0 Å². The monoisotopic (exact) mass is 457 g/mol. The van der Waals surface area contributed by atoms with Crippen LogP contribution in [0.3, 0.4) is 0 Å². The smallest absolute Gasteiger partial charge is 0.228 e. The van der Waals surface area contributed by atoms with E-state index >= 15 is 0 Å². The minimum atomic E-state index is -3.13. The number of sulfonamides is 1. The third kappa shape index (κ3) is 2.97. The lowest BCUT2D eigenvalue weighted by molar-refractivity contribution is 0.366. The van der Waals surface area contributed by atoms with Crippen molar-refractivity contribution >= 4 is 49.2 Å². The molecule has 4 aliphatic rings. The van der Waals surface area contributed by atoms with Gasteiger partial charge in [-0.15, -0.1) is 11.3 Å². The van der Waals surface area contributed by atoms with Gasteiger partial charge in [-0.2, -0.15) is 14.4 Å². The van der Waals surface area contributed by atoms with Gasteiger partial charge in [0.15, 0.2) is 11.6 Å². The highest BCUT2D eigenvalue weighted by Crippen LogP contribution is 2.42. The molecule has 162 valence electrons. The Balaban J connectivity index is 1.18. The largest absolute Gasteiger partial charge is 0.335 e. The van der Waals surface area contributed by atoms with Crippen molar-refractivity contribution in [3.8, 4) is 0 Å². The van der Waals surface area contributed by atoms with Crippen LogP contribution in [0.1, 0.15) is 43.7 Å². The molecule has 2 atom stereocenters. The van der Waals surface area contributed by atoms with Crippen LogP contribution in [0.15, 0.2) is 17.5 Å². The Hall–Kier alpha value is -2.24. The van der Waals surface area contributed by atoms with Crippen LogP contribution in [-0.2, 0) is 10.0 Å². The van der Waals surface area contributed by atoms with Gasteiger partial charge >= 0.3 is 0 Å². The van der Waals surface area contributed by atoms with Crippen LogP contribution in [0.5, 0.6) is 0 Å². The number of H-pyrrole nitrogens is 1. The second-order valence-corrected chi connectivity index (χ2v) is 12.2. The fourth-order valence-electron chi connectivity index (χ4n) is 4.93. The van der Waals surface area contributed by atoms with Crippen molar-refractivity contribution in [1.29, 1.82) is 0 Å². The molecule has 2 saturated heterocycles. The van der Waals surface area contributed by atoms with Crippen LogP contribution in [0, 0.1) is 0 Å². The summed E-state index contributed by atoms with van der Waals surface area (Å²) < 4.78 is 28.2. The van der Waals surface area contributed by atoms with Crippen molar-refractivity contribution in [2.45, 2.75) is 55.4 Å². The molecule has 2 bridgehead atoms. The van der Waals surface area contributed by atoms with E-state index in [-0.39, 0.29) is 17.3 Å². The zero-order valence-corrected chi connectivity index (χ0v) is 18.5. The minimum Gasteiger partial charge on any atom is -0.335 e. The number of rotatable bonds is 6. The molecule has 2 N–H and O–H groups in total. The lowest BCUT2D eigenvalue weighted by Gasteiger charge is -2.33. The maximum absolute atomic E-state index is 12.7. The second-order valence-electron chi connectivity index (χ2n) is 9.12. The van der Waals surface area contributed by atoms with Gasteiger partial charge < -0.3 is 10.2 Å². The van der Waals surface area contributed by atoms with Crippen LogP contribution >= 0.6 is 11.3 Å². The van der Waals surface area contributed by atoms with Crippen LogP contribution in [0.4, 0.5) is 17.6 Å². The molecule has 31 heavy (non-hydrogen) atoms. The number of aromatic nitrogens is 4. The van der Waals surface area contributed by atoms with E-state index in [0.717, 1.165) is 41.1 Å². The molecule has 4 fully saturated rings. The number of anilines is 3. The second kappa shape index (κ2) is 6.39. The molecule has 0 radical (unpaired) electrons. The van der Waals surface area contributed by atoms with E-state index < -0.39 is 10.0 Å². The normalized spacial score (nSPS) is 26.3. The van der Waals surface area contributed by atoms with Gasteiger partial charge in [0.25, 0.3) is 0 Å². The van der Waals surface area contributed by atoms with Gasteiger partial charge in [0.1, 0.15) is 0 Å². The van der Waals surface area contributed by atoms with E-state index in [2.05, 4.69) is 26.5 Å². The van der Waals surface area contributed by atoms with Gasteiger partial charge in [-0.05, 0) is 43.6 Å². The maximum atomic E-state index is 12.7. The zero-order chi connectivity index (χ0) is 20.7. The molecule has 3 aromatic heterocycles. The predicted octanol–water partition coefficient (Wildman–Crippen LogP) is 2.79.